The van der Waals surface area contributed by atoms with Crippen LogP contribution in [0.3, 0.4) is 0 Å². The van der Waals surface area contributed by atoms with Gasteiger partial charge in [-0.05, 0) is 30.2 Å². The summed E-state index contributed by atoms with van der Waals surface area (Å²) in [7, 11) is 0. The average Bonchev–Trinajstić information content (AvgIpc) is 2.66. The zero-order valence-electron chi connectivity index (χ0n) is 15.6. The summed E-state index contributed by atoms with van der Waals surface area (Å²) in [4.78, 5) is 31.0. The summed E-state index contributed by atoms with van der Waals surface area (Å²) >= 11 is 6.15. The lowest BCUT2D eigenvalue weighted by atomic mass is 9.88. The van der Waals surface area contributed by atoms with Crippen molar-refractivity contribution in [2.24, 2.45) is 0 Å². The number of rotatable bonds is 7. The first-order chi connectivity index (χ1) is 13.5. The smallest absolute Gasteiger partial charge is 0.251 e. The molecule has 0 unspecified atom stereocenters. The van der Waals surface area contributed by atoms with Gasteiger partial charge in [-0.3, -0.25) is 9.59 Å². The van der Waals surface area contributed by atoms with Gasteiger partial charge in [-0.2, -0.15) is 0 Å². The topological polar surface area (TPSA) is 74.8 Å². The van der Waals surface area contributed by atoms with E-state index in [1.807, 2.05) is 54.6 Å². The standard InChI is InChI=1S/C22H22ClN3O2/c1-15-12-22(28)26-20(25-15)10-11-24-21(27)14-19(16-6-3-2-4-7-16)17-8-5-9-18(23)13-17/h2-9,12-13,19H,10-11,14H2,1H3,(H,24,27)(H,25,26,28)/t19-/m1/s1. The molecule has 2 aromatic carbocycles. The van der Waals surface area contributed by atoms with Gasteiger partial charge in [-0.25, -0.2) is 4.98 Å². The number of nitrogens with zero attached hydrogens (tertiary/aromatic N) is 1. The second kappa shape index (κ2) is 9.33. The predicted octanol–water partition coefficient (Wildman–Crippen LogP) is 3.61. The molecule has 0 saturated carbocycles. The van der Waals surface area contributed by atoms with Gasteiger partial charge in [-0.15, -0.1) is 0 Å². The van der Waals surface area contributed by atoms with E-state index in [4.69, 9.17) is 11.6 Å². The molecule has 2 N–H and O–H groups in total. The summed E-state index contributed by atoms with van der Waals surface area (Å²) < 4.78 is 0. The van der Waals surface area contributed by atoms with Gasteiger partial charge >= 0.3 is 0 Å². The number of hydrogen-bond donors (Lipinski definition) is 2. The molecule has 1 amide bonds. The first kappa shape index (κ1) is 19.8. The maximum atomic E-state index is 12.6. The van der Waals surface area contributed by atoms with Crippen molar-refractivity contribution >= 4 is 17.5 Å². The van der Waals surface area contributed by atoms with Gasteiger partial charge in [0.25, 0.3) is 5.56 Å². The Hall–Kier alpha value is -2.92. The van der Waals surface area contributed by atoms with Crippen LogP contribution in [0.5, 0.6) is 0 Å². The summed E-state index contributed by atoms with van der Waals surface area (Å²) in [6.45, 7) is 2.18. The van der Waals surface area contributed by atoms with E-state index in [0.717, 1.165) is 11.1 Å². The Balaban J connectivity index is 1.67. The Morgan fingerprint density at radius 3 is 2.57 bits per heavy atom. The van der Waals surface area contributed by atoms with Gasteiger partial charge in [0.1, 0.15) is 5.82 Å². The second-order valence-corrected chi connectivity index (χ2v) is 7.09. The highest BCUT2D eigenvalue weighted by Gasteiger charge is 2.18. The molecule has 28 heavy (non-hydrogen) atoms. The third-order valence-electron chi connectivity index (χ3n) is 4.45. The SMILES string of the molecule is Cc1cc(=O)[nH]c(CCNC(=O)C[C@H](c2ccccc2)c2cccc(Cl)c2)n1. The van der Waals surface area contributed by atoms with Gasteiger partial charge in [0.05, 0.1) is 0 Å². The van der Waals surface area contributed by atoms with Crippen LogP contribution in [0.15, 0.2) is 65.5 Å². The van der Waals surface area contributed by atoms with Crippen LogP contribution in [-0.2, 0) is 11.2 Å². The highest BCUT2D eigenvalue weighted by Crippen LogP contribution is 2.29. The van der Waals surface area contributed by atoms with Crippen LogP contribution in [0, 0.1) is 6.92 Å². The van der Waals surface area contributed by atoms with Crippen molar-refractivity contribution < 1.29 is 4.79 Å². The summed E-state index contributed by atoms with van der Waals surface area (Å²) in [6, 6.07) is 18.9. The van der Waals surface area contributed by atoms with Gasteiger partial charge in [-0.1, -0.05) is 54.1 Å². The molecule has 0 saturated heterocycles. The normalized spacial score (nSPS) is 11.8. The van der Waals surface area contributed by atoms with E-state index in [9.17, 15) is 9.59 Å². The molecule has 0 aliphatic heterocycles. The fourth-order valence-electron chi connectivity index (χ4n) is 3.17. The molecular weight excluding hydrogens is 374 g/mol. The first-order valence-electron chi connectivity index (χ1n) is 9.15. The van der Waals surface area contributed by atoms with Crippen LogP contribution in [-0.4, -0.2) is 22.4 Å². The van der Waals surface area contributed by atoms with E-state index >= 15 is 0 Å². The first-order valence-corrected chi connectivity index (χ1v) is 9.53. The van der Waals surface area contributed by atoms with Crippen LogP contribution in [0.25, 0.3) is 0 Å². The zero-order valence-corrected chi connectivity index (χ0v) is 16.4. The van der Waals surface area contributed by atoms with Crippen molar-refractivity contribution in [3.05, 3.63) is 98.7 Å². The monoisotopic (exact) mass is 395 g/mol. The van der Waals surface area contributed by atoms with Crippen molar-refractivity contribution in [2.45, 2.75) is 25.7 Å². The number of benzene rings is 2. The Morgan fingerprint density at radius 2 is 1.86 bits per heavy atom. The number of nitrogens with one attached hydrogen (secondary N) is 2. The van der Waals surface area contributed by atoms with E-state index in [1.165, 1.54) is 6.07 Å². The highest BCUT2D eigenvalue weighted by molar-refractivity contribution is 6.30. The summed E-state index contributed by atoms with van der Waals surface area (Å²) in [5, 5.41) is 3.57. The summed E-state index contributed by atoms with van der Waals surface area (Å²) in [6.07, 6.45) is 0.776. The zero-order chi connectivity index (χ0) is 19.9. The molecule has 0 fully saturated rings. The average molecular weight is 396 g/mol. The Labute approximate surface area is 168 Å². The maximum absolute atomic E-state index is 12.6. The van der Waals surface area contributed by atoms with Crippen molar-refractivity contribution in [3.8, 4) is 0 Å². The van der Waals surface area contributed by atoms with Gasteiger partial charge in [0.2, 0.25) is 5.91 Å². The van der Waals surface area contributed by atoms with Crippen molar-refractivity contribution in [3.63, 3.8) is 0 Å². The van der Waals surface area contributed by atoms with E-state index in [2.05, 4.69) is 15.3 Å². The number of aromatic nitrogens is 2. The van der Waals surface area contributed by atoms with Crippen molar-refractivity contribution in [1.82, 2.24) is 15.3 Å². The highest BCUT2D eigenvalue weighted by atomic mass is 35.5. The number of aromatic amines is 1. The van der Waals surface area contributed by atoms with Gasteiger partial charge < -0.3 is 10.3 Å². The van der Waals surface area contributed by atoms with Crippen LogP contribution in [0.2, 0.25) is 5.02 Å². The molecule has 1 aromatic heterocycles. The quantitative estimate of drug-likeness (QED) is 0.641. The molecule has 1 atom stereocenters. The van der Waals surface area contributed by atoms with E-state index < -0.39 is 0 Å². The largest absolute Gasteiger partial charge is 0.356 e. The predicted molar refractivity (Wildman–Crippen MR) is 111 cm³/mol. The molecule has 0 aliphatic rings. The number of hydrogen-bond acceptors (Lipinski definition) is 3. The molecular formula is C22H22ClN3O2. The maximum Gasteiger partial charge on any atom is 0.251 e. The minimum atomic E-state index is -0.182. The van der Waals surface area contributed by atoms with Crippen LogP contribution in [0.4, 0.5) is 0 Å². The molecule has 0 spiro atoms. The third kappa shape index (κ3) is 5.54. The lowest BCUT2D eigenvalue weighted by molar-refractivity contribution is -0.121. The van der Waals surface area contributed by atoms with Crippen molar-refractivity contribution in [2.75, 3.05) is 6.54 Å². The van der Waals surface area contributed by atoms with E-state index in [1.54, 1.807) is 6.92 Å². The van der Waals surface area contributed by atoms with Gasteiger partial charge in [0, 0.05) is 42.1 Å². The number of aryl methyl sites for hydroxylation is 1. The lowest BCUT2D eigenvalue weighted by Gasteiger charge is -2.18. The summed E-state index contributed by atoms with van der Waals surface area (Å²) in [5.41, 5.74) is 2.54. The fourth-order valence-corrected chi connectivity index (χ4v) is 3.37. The molecule has 3 aromatic rings. The summed E-state index contributed by atoms with van der Waals surface area (Å²) in [5.74, 6) is 0.417. The molecule has 1 heterocycles. The molecule has 0 aliphatic carbocycles. The lowest BCUT2D eigenvalue weighted by Crippen LogP contribution is -2.28. The van der Waals surface area contributed by atoms with Crippen molar-refractivity contribution in [1.29, 1.82) is 0 Å². The third-order valence-corrected chi connectivity index (χ3v) is 4.68. The molecule has 3 rings (SSSR count). The minimum absolute atomic E-state index is 0.0659. The Morgan fingerprint density at radius 1 is 1.11 bits per heavy atom. The van der Waals surface area contributed by atoms with Crippen LogP contribution >= 0.6 is 11.6 Å². The number of carbonyl (C=O) groups excluding carboxylic acids is 1. The Bertz CT molecular complexity index is 1000. The molecule has 6 heteroatoms. The number of amides is 1. The van der Waals surface area contributed by atoms with Gasteiger partial charge in [0.15, 0.2) is 0 Å². The number of halogens is 1. The minimum Gasteiger partial charge on any atom is -0.356 e. The van der Waals surface area contributed by atoms with E-state index in [-0.39, 0.29) is 17.4 Å². The van der Waals surface area contributed by atoms with Crippen LogP contribution in [0.1, 0.15) is 35.0 Å². The van der Waals surface area contributed by atoms with Crippen LogP contribution < -0.4 is 10.9 Å². The Kier molecular flexibility index (Phi) is 6.61. The molecule has 0 bridgehead atoms. The van der Waals surface area contributed by atoms with E-state index in [0.29, 0.717) is 35.9 Å². The molecule has 144 valence electrons. The number of H-pyrrole nitrogens is 1. The molecule has 5 nitrogen and oxygen atoms in total. The molecule has 0 radical (unpaired) electrons. The second-order valence-electron chi connectivity index (χ2n) is 6.66. The fraction of sp³-hybridized carbons (Fsp3) is 0.227. The number of carbonyl (C=O) groups is 1.